The van der Waals surface area contributed by atoms with Gasteiger partial charge in [0.15, 0.2) is 0 Å². The van der Waals surface area contributed by atoms with Crippen LogP contribution in [0.3, 0.4) is 0 Å². The Hall–Kier alpha value is -1.57. The Bertz CT molecular complexity index is 492. The first-order valence-corrected chi connectivity index (χ1v) is 8.23. The Labute approximate surface area is 135 Å². The van der Waals surface area contributed by atoms with Gasteiger partial charge < -0.3 is 4.74 Å². The molecule has 1 aliphatic rings. The van der Waals surface area contributed by atoms with Gasteiger partial charge in [-0.25, -0.2) is 4.79 Å². The summed E-state index contributed by atoms with van der Waals surface area (Å²) in [6.45, 7) is 12.5. The van der Waals surface area contributed by atoms with Crippen LogP contribution in [0.2, 0.25) is 0 Å². The van der Waals surface area contributed by atoms with Gasteiger partial charge in [-0.15, -0.1) is 0 Å². The Kier molecular flexibility index (Phi) is 7.94. The molecular weight excluding hydrogens is 272 g/mol. The average molecular weight is 302 g/mol. The second kappa shape index (κ2) is 9.45. The molecule has 0 spiro atoms. The molecule has 0 heterocycles. The van der Waals surface area contributed by atoms with Gasteiger partial charge in [0, 0.05) is 5.57 Å². The lowest BCUT2D eigenvalue weighted by atomic mass is 9.88. The lowest BCUT2D eigenvalue weighted by Crippen LogP contribution is -2.13. The highest BCUT2D eigenvalue weighted by Gasteiger charge is 2.15. The largest absolute Gasteiger partial charge is 0.458 e. The first kappa shape index (κ1) is 18.5. The van der Waals surface area contributed by atoms with Crippen molar-refractivity contribution in [2.24, 2.45) is 5.92 Å². The van der Waals surface area contributed by atoms with Gasteiger partial charge in [0.05, 0.1) is 0 Å². The highest BCUT2D eigenvalue weighted by Crippen LogP contribution is 2.26. The summed E-state index contributed by atoms with van der Waals surface area (Å²) in [7, 11) is 0. The third-order valence-corrected chi connectivity index (χ3v) is 4.39. The molecule has 2 heteroatoms. The molecule has 0 bridgehead atoms. The molecule has 2 nitrogen and oxygen atoms in total. The maximum absolute atomic E-state index is 11.7. The van der Waals surface area contributed by atoms with Gasteiger partial charge in [-0.05, 0) is 71.3 Å². The molecule has 1 rings (SSSR count). The molecule has 22 heavy (non-hydrogen) atoms. The summed E-state index contributed by atoms with van der Waals surface area (Å²) in [6, 6.07) is 0. The molecular formula is C20H30O2. The van der Waals surface area contributed by atoms with Crippen LogP contribution in [-0.4, -0.2) is 12.6 Å². The second-order valence-corrected chi connectivity index (χ2v) is 6.32. The molecule has 0 aromatic heterocycles. The smallest absolute Gasteiger partial charge is 0.333 e. The lowest BCUT2D eigenvalue weighted by Gasteiger charge is -2.20. The van der Waals surface area contributed by atoms with Crippen LogP contribution in [0.4, 0.5) is 0 Å². The normalized spacial score (nSPS) is 20.7. The number of rotatable bonds is 4. The predicted octanol–water partition coefficient (Wildman–Crippen LogP) is 5.52. The number of carbonyl (C=O) groups is 1. The Morgan fingerprint density at radius 3 is 2.68 bits per heavy atom. The van der Waals surface area contributed by atoms with Crippen molar-refractivity contribution < 1.29 is 9.53 Å². The van der Waals surface area contributed by atoms with Crippen LogP contribution in [-0.2, 0) is 9.53 Å². The average Bonchev–Trinajstić information content (AvgIpc) is 2.51. The molecule has 0 radical (unpaired) electrons. The SMILES string of the molecule is C=C(COC(=O)C(C)=CC)C1CC=C(C)CCC=C(C)CC1. The zero-order valence-electron chi connectivity index (χ0n) is 14.6. The molecule has 0 amide bonds. The van der Waals surface area contributed by atoms with E-state index in [1.54, 1.807) is 13.0 Å². The quantitative estimate of drug-likeness (QED) is 0.388. The molecule has 0 saturated heterocycles. The summed E-state index contributed by atoms with van der Waals surface area (Å²) in [5.41, 5.74) is 4.56. The van der Waals surface area contributed by atoms with Gasteiger partial charge in [-0.2, -0.15) is 0 Å². The Morgan fingerprint density at radius 1 is 1.32 bits per heavy atom. The third kappa shape index (κ3) is 6.46. The second-order valence-electron chi connectivity index (χ2n) is 6.32. The summed E-state index contributed by atoms with van der Waals surface area (Å²) in [6.07, 6.45) is 11.9. The molecule has 1 unspecified atom stereocenters. The fourth-order valence-electron chi connectivity index (χ4n) is 2.49. The maximum atomic E-state index is 11.7. The number of hydrogen-bond acceptors (Lipinski definition) is 2. The van der Waals surface area contributed by atoms with Crippen LogP contribution >= 0.6 is 0 Å². The minimum Gasteiger partial charge on any atom is -0.458 e. The van der Waals surface area contributed by atoms with E-state index in [0.717, 1.165) is 37.7 Å². The minimum absolute atomic E-state index is 0.244. The molecule has 1 atom stereocenters. The number of carbonyl (C=O) groups excluding carboxylic acids is 1. The van der Waals surface area contributed by atoms with Gasteiger partial charge in [0.1, 0.15) is 6.61 Å². The molecule has 0 aromatic rings. The van der Waals surface area contributed by atoms with E-state index in [1.807, 2.05) is 6.92 Å². The number of hydrogen-bond donors (Lipinski definition) is 0. The van der Waals surface area contributed by atoms with Crippen molar-refractivity contribution >= 4 is 5.97 Å². The van der Waals surface area contributed by atoms with Crippen LogP contribution in [0.5, 0.6) is 0 Å². The van der Waals surface area contributed by atoms with E-state index in [4.69, 9.17) is 4.74 Å². The summed E-state index contributed by atoms with van der Waals surface area (Å²) >= 11 is 0. The lowest BCUT2D eigenvalue weighted by molar-refractivity contribution is -0.138. The molecule has 122 valence electrons. The summed E-state index contributed by atoms with van der Waals surface area (Å²) in [5, 5.41) is 0. The highest BCUT2D eigenvalue weighted by molar-refractivity contribution is 5.87. The summed E-state index contributed by atoms with van der Waals surface area (Å²) < 4.78 is 5.35. The van der Waals surface area contributed by atoms with Crippen molar-refractivity contribution in [2.75, 3.05) is 6.61 Å². The number of esters is 1. The first-order valence-electron chi connectivity index (χ1n) is 8.23. The molecule has 0 aliphatic heterocycles. The van der Waals surface area contributed by atoms with Crippen molar-refractivity contribution in [1.29, 1.82) is 0 Å². The van der Waals surface area contributed by atoms with Gasteiger partial charge in [-0.3, -0.25) is 0 Å². The van der Waals surface area contributed by atoms with Crippen LogP contribution in [0.25, 0.3) is 0 Å². The van der Waals surface area contributed by atoms with Gasteiger partial charge in [0.25, 0.3) is 0 Å². The fraction of sp³-hybridized carbons (Fsp3) is 0.550. The van der Waals surface area contributed by atoms with E-state index in [1.165, 1.54) is 11.1 Å². The fourth-order valence-corrected chi connectivity index (χ4v) is 2.49. The van der Waals surface area contributed by atoms with Gasteiger partial charge >= 0.3 is 5.97 Å². The maximum Gasteiger partial charge on any atom is 0.333 e. The van der Waals surface area contributed by atoms with Crippen LogP contribution in [0.1, 0.15) is 59.8 Å². The molecule has 0 N–H and O–H groups in total. The van der Waals surface area contributed by atoms with Crippen molar-refractivity contribution in [3.05, 3.63) is 47.1 Å². The van der Waals surface area contributed by atoms with E-state index in [2.05, 4.69) is 32.6 Å². The molecule has 0 saturated carbocycles. The van der Waals surface area contributed by atoms with E-state index in [9.17, 15) is 4.79 Å². The molecule has 0 aromatic carbocycles. The number of ether oxygens (including phenoxy) is 1. The van der Waals surface area contributed by atoms with Crippen molar-refractivity contribution in [3.63, 3.8) is 0 Å². The minimum atomic E-state index is -0.244. The van der Waals surface area contributed by atoms with Crippen molar-refractivity contribution in [2.45, 2.75) is 59.8 Å². The van der Waals surface area contributed by atoms with Crippen molar-refractivity contribution in [1.82, 2.24) is 0 Å². The summed E-state index contributed by atoms with van der Waals surface area (Å²) in [4.78, 5) is 11.7. The standard InChI is InChI=1S/C20H30O2/c1-6-17(4)20(21)22-14-18(5)19-12-10-15(2)8-7-9-16(3)11-13-19/h6,8,11,19H,5,7,9-10,12-14H2,1-4H3. The zero-order chi connectivity index (χ0) is 16.5. The van der Waals surface area contributed by atoms with E-state index in [-0.39, 0.29) is 5.97 Å². The van der Waals surface area contributed by atoms with Gasteiger partial charge in [-0.1, -0.05) is 36.0 Å². The van der Waals surface area contributed by atoms with Crippen molar-refractivity contribution in [3.8, 4) is 0 Å². The number of allylic oxidation sites excluding steroid dienone is 5. The summed E-state index contributed by atoms with van der Waals surface area (Å²) in [5.74, 6) is 0.140. The first-order chi connectivity index (χ1) is 10.4. The van der Waals surface area contributed by atoms with Gasteiger partial charge in [0.2, 0.25) is 0 Å². The monoisotopic (exact) mass is 302 g/mol. The molecule has 1 aliphatic carbocycles. The van der Waals surface area contributed by atoms with Crippen LogP contribution in [0.15, 0.2) is 47.1 Å². The van der Waals surface area contributed by atoms with Crippen LogP contribution in [0, 0.1) is 5.92 Å². The zero-order valence-corrected chi connectivity index (χ0v) is 14.6. The van der Waals surface area contributed by atoms with Crippen LogP contribution < -0.4 is 0 Å². The Balaban J connectivity index is 2.64. The van der Waals surface area contributed by atoms with E-state index in [0.29, 0.717) is 18.1 Å². The predicted molar refractivity (Wildman–Crippen MR) is 93.6 cm³/mol. The Morgan fingerprint density at radius 2 is 2.00 bits per heavy atom. The highest BCUT2D eigenvalue weighted by atomic mass is 16.5. The van der Waals surface area contributed by atoms with E-state index < -0.39 is 0 Å². The topological polar surface area (TPSA) is 26.3 Å². The van der Waals surface area contributed by atoms with E-state index >= 15 is 0 Å². The molecule has 0 fully saturated rings. The third-order valence-electron chi connectivity index (χ3n) is 4.39.